The maximum Gasteiger partial charge on any atom is 0.303 e. The van der Waals surface area contributed by atoms with Gasteiger partial charge in [0.2, 0.25) is 0 Å². The largest absolute Gasteiger partial charge is 0.481 e. The van der Waals surface area contributed by atoms with Crippen molar-refractivity contribution in [3.05, 3.63) is 65.7 Å². The summed E-state index contributed by atoms with van der Waals surface area (Å²) in [7, 11) is 0. The summed E-state index contributed by atoms with van der Waals surface area (Å²) in [6, 6.07) is 6.08. The van der Waals surface area contributed by atoms with E-state index in [1.54, 1.807) is 6.20 Å². The van der Waals surface area contributed by atoms with Crippen LogP contribution in [0.4, 0.5) is 0 Å². The highest BCUT2D eigenvalue weighted by atomic mass is 35.5. The van der Waals surface area contributed by atoms with Gasteiger partial charge in [0, 0.05) is 32.3 Å². The minimum atomic E-state index is -0.790. The molecule has 1 aromatic heterocycles. The lowest BCUT2D eigenvalue weighted by molar-refractivity contribution is -0.137. The molecule has 1 fully saturated rings. The molecule has 2 unspecified atom stereocenters. The van der Waals surface area contributed by atoms with Crippen molar-refractivity contribution in [3.63, 3.8) is 0 Å². The third-order valence-corrected chi connectivity index (χ3v) is 7.19. The van der Waals surface area contributed by atoms with E-state index >= 15 is 0 Å². The summed E-state index contributed by atoms with van der Waals surface area (Å²) >= 11 is 6.22. The number of rotatable bonds is 9. The second kappa shape index (κ2) is 10.9. The van der Waals surface area contributed by atoms with E-state index in [1.165, 1.54) is 0 Å². The number of likely N-dealkylation sites (tertiary alicyclic amines) is 1. The lowest BCUT2D eigenvalue weighted by Crippen LogP contribution is -2.60. The quantitative estimate of drug-likeness (QED) is 0.392. The molecule has 5 rings (SSSR count). The summed E-state index contributed by atoms with van der Waals surface area (Å²) in [4.78, 5) is 29.2. The topological polar surface area (TPSA) is 102 Å². The molecular weight excluding hydrogens is 478 g/mol. The number of aliphatic hydroxyl groups excluding tert-OH is 1. The number of aliphatic hydroxyl groups is 1. The molecule has 9 heteroatoms. The smallest absolute Gasteiger partial charge is 0.303 e. The number of allylic oxidation sites excluding steroid dienone is 4. The van der Waals surface area contributed by atoms with Crippen molar-refractivity contribution in [2.75, 3.05) is 19.6 Å². The minimum absolute atomic E-state index is 0.0232. The maximum absolute atomic E-state index is 11.0. The Labute approximate surface area is 215 Å². The van der Waals surface area contributed by atoms with Gasteiger partial charge < -0.3 is 15.1 Å². The van der Waals surface area contributed by atoms with Gasteiger partial charge in [-0.05, 0) is 55.0 Å². The van der Waals surface area contributed by atoms with Crippen LogP contribution in [0.5, 0.6) is 0 Å². The maximum atomic E-state index is 11.0. The summed E-state index contributed by atoms with van der Waals surface area (Å²) in [5.41, 5.74) is 4.91. The Morgan fingerprint density at radius 3 is 2.78 bits per heavy atom. The SMILES string of the molecule is O=C(O)CCCCc1nc2cc(C(O)N3CC(N4C=NC=CC4)C3)ccc2nc1C1=CCC(Cl)C=C1. The first-order valence-electron chi connectivity index (χ1n) is 12.4. The van der Waals surface area contributed by atoms with Crippen LogP contribution in [0.2, 0.25) is 0 Å². The molecule has 36 heavy (non-hydrogen) atoms. The summed E-state index contributed by atoms with van der Waals surface area (Å²) in [6.45, 7) is 2.37. The first-order valence-corrected chi connectivity index (χ1v) is 12.8. The van der Waals surface area contributed by atoms with Gasteiger partial charge in [-0.1, -0.05) is 24.3 Å². The predicted octanol–water partition coefficient (Wildman–Crippen LogP) is 3.91. The molecule has 1 aliphatic carbocycles. The van der Waals surface area contributed by atoms with Gasteiger partial charge in [0.05, 0.1) is 40.2 Å². The highest BCUT2D eigenvalue weighted by Gasteiger charge is 2.35. The zero-order chi connectivity index (χ0) is 25.1. The number of aliphatic carboxylic acids is 1. The van der Waals surface area contributed by atoms with E-state index in [4.69, 9.17) is 26.7 Å². The molecule has 0 bridgehead atoms. The lowest BCUT2D eigenvalue weighted by Gasteiger charge is -2.46. The van der Waals surface area contributed by atoms with Crippen molar-refractivity contribution in [3.8, 4) is 0 Å². The summed E-state index contributed by atoms with van der Waals surface area (Å²) < 4.78 is 0. The second-order valence-electron chi connectivity index (χ2n) is 9.47. The van der Waals surface area contributed by atoms with Crippen LogP contribution in [0.3, 0.4) is 0 Å². The molecule has 8 nitrogen and oxygen atoms in total. The third kappa shape index (κ3) is 5.51. The van der Waals surface area contributed by atoms with Gasteiger partial charge in [0.25, 0.3) is 0 Å². The number of carboxylic acids is 1. The monoisotopic (exact) mass is 507 g/mol. The molecule has 3 heterocycles. The average molecular weight is 508 g/mol. The van der Waals surface area contributed by atoms with E-state index in [-0.39, 0.29) is 11.8 Å². The van der Waals surface area contributed by atoms with Gasteiger partial charge in [-0.25, -0.2) is 15.0 Å². The van der Waals surface area contributed by atoms with E-state index in [2.05, 4.69) is 16.0 Å². The normalized spacial score (nSPS) is 21.0. The molecule has 0 amide bonds. The lowest BCUT2D eigenvalue weighted by atomic mass is 9.99. The Hall–Kier alpha value is -3.07. The molecule has 0 saturated carbocycles. The van der Waals surface area contributed by atoms with Crippen LogP contribution in [0.25, 0.3) is 16.6 Å². The number of nitrogens with zero attached hydrogens (tertiary/aromatic N) is 5. The zero-order valence-electron chi connectivity index (χ0n) is 20.0. The first kappa shape index (κ1) is 24.6. The number of carboxylic acid groups (broad SMARTS) is 1. The molecule has 1 aromatic carbocycles. The van der Waals surface area contributed by atoms with Crippen LogP contribution in [0.15, 0.2) is 53.7 Å². The van der Waals surface area contributed by atoms with Crippen LogP contribution in [-0.2, 0) is 11.2 Å². The first-order chi connectivity index (χ1) is 17.5. The van der Waals surface area contributed by atoms with E-state index in [9.17, 15) is 9.90 Å². The number of fused-ring (bicyclic) bond motifs is 1. The van der Waals surface area contributed by atoms with E-state index in [1.807, 2.05) is 47.7 Å². The summed E-state index contributed by atoms with van der Waals surface area (Å²) in [5.74, 6) is -0.790. The number of alkyl halides is 1. The van der Waals surface area contributed by atoms with Crippen LogP contribution in [-0.4, -0.2) is 73.3 Å². The Morgan fingerprint density at radius 1 is 1.19 bits per heavy atom. The van der Waals surface area contributed by atoms with E-state index in [0.717, 1.165) is 59.6 Å². The van der Waals surface area contributed by atoms with Gasteiger partial charge >= 0.3 is 5.97 Å². The van der Waals surface area contributed by atoms with Crippen LogP contribution < -0.4 is 0 Å². The van der Waals surface area contributed by atoms with Crippen molar-refractivity contribution in [1.29, 1.82) is 0 Å². The molecule has 3 aliphatic rings. The number of aromatic nitrogens is 2. The zero-order valence-corrected chi connectivity index (χ0v) is 20.8. The fourth-order valence-corrected chi connectivity index (χ4v) is 4.93. The number of aliphatic imine (C=N–C) groups is 1. The second-order valence-corrected chi connectivity index (χ2v) is 10.0. The number of aryl methyl sites for hydroxylation is 1. The molecule has 188 valence electrons. The Balaban J connectivity index is 1.35. The molecule has 2 aliphatic heterocycles. The molecule has 2 N–H and O–H groups in total. The minimum Gasteiger partial charge on any atom is -0.481 e. The number of hydrogen-bond acceptors (Lipinski definition) is 7. The number of benzene rings is 1. The fourth-order valence-electron chi connectivity index (χ4n) is 4.76. The molecule has 0 radical (unpaired) electrons. The van der Waals surface area contributed by atoms with Crippen molar-refractivity contribution in [2.24, 2.45) is 4.99 Å². The summed E-state index contributed by atoms with van der Waals surface area (Å²) in [5, 5.41) is 20.0. The summed E-state index contributed by atoms with van der Waals surface area (Å²) in [6.07, 6.45) is 13.8. The van der Waals surface area contributed by atoms with Crippen molar-refractivity contribution in [2.45, 2.75) is 49.8 Å². The fraction of sp³-hybridized carbons (Fsp3) is 0.407. The Morgan fingerprint density at radius 2 is 2.06 bits per heavy atom. The third-order valence-electron chi connectivity index (χ3n) is 6.86. The Kier molecular flexibility index (Phi) is 7.46. The Bertz CT molecular complexity index is 1250. The van der Waals surface area contributed by atoms with Gasteiger partial charge in [-0.3, -0.25) is 9.69 Å². The van der Waals surface area contributed by atoms with E-state index < -0.39 is 12.2 Å². The van der Waals surface area contributed by atoms with Gasteiger partial charge in [0.1, 0.15) is 6.23 Å². The van der Waals surface area contributed by atoms with E-state index in [0.29, 0.717) is 25.3 Å². The predicted molar refractivity (Wildman–Crippen MR) is 141 cm³/mol. The van der Waals surface area contributed by atoms with Crippen molar-refractivity contribution in [1.82, 2.24) is 19.8 Å². The van der Waals surface area contributed by atoms with Crippen LogP contribution >= 0.6 is 11.6 Å². The molecular formula is C27H30ClN5O3. The van der Waals surface area contributed by atoms with Crippen LogP contribution in [0.1, 0.15) is 48.9 Å². The van der Waals surface area contributed by atoms with Gasteiger partial charge in [0.15, 0.2) is 0 Å². The number of hydrogen-bond donors (Lipinski definition) is 2. The van der Waals surface area contributed by atoms with Gasteiger partial charge in [-0.15, -0.1) is 11.6 Å². The number of unbranched alkanes of at least 4 members (excludes halogenated alkanes) is 1. The van der Waals surface area contributed by atoms with Gasteiger partial charge in [-0.2, -0.15) is 0 Å². The highest BCUT2D eigenvalue weighted by Crippen LogP contribution is 2.30. The molecule has 2 aromatic rings. The number of halogens is 1. The molecule has 2 atom stereocenters. The standard InChI is InChI=1S/C27H30ClN5O3/c28-20-9-6-18(7-10-20)26-23(4-1-2-5-25(34)35)30-24-14-19(8-11-22(24)31-26)27(36)33-15-21(16-33)32-13-3-12-29-17-32/h3,6-9,11-12,14,17,20-21,27,36H,1-2,4-5,10,13,15-16H2,(H,34,35). The van der Waals surface area contributed by atoms with Crippen molar-refractivity contribution < 1.29 is 15.0 Å². The molecule has 0 spiro atoms. The molecule has 1 saturated heterocycles. The number of carbonyl (C=O) groups is 1. The average Bonchev–Trinajstić information content (AvgIpc) is 2.86. The van der Waals surface area contributed by atoms with Crippen molar-refractivity contribution >= 4 is 40.5 Å². The highest BCUT2D eigenvalue weighted by molar-refractivity contribution is 6.22. The van der Waals surface area contributed by atoms with Crippen LogP contribution in [0, 0.1) is 0 Å².